The molecule has 1 N–H and O–H groups in total. The number of nitrogens with zero attached hydrogens (tertiary/aromatic N) is 2. The SMILES string of the molecule is Cc1ccc(NC(=O)CN2CCN(C(=O)[C@H]3CCCO3)CC2)c(Br)c1. The summed E-state index contributed by atoms with van der Waals surface area (Å²) in [5.41, 5.74) is 1.92. The number of rotatable bonds is 4. The summed E-state index contributed by atoms with van der Waals surface area (Å²) in [6.45, 7) is 5.75. The average Bonchev–Trinajstić information content (AvgIpc) is 3.12. The van der Waals surface area contributed by atoms with Gasteiger partial charge in [-0.05, 0) is 53.4 Å². The number of amides is 2. The van der Waals surface area contributed by atoms with Gasteiger partial charge in [-0.3, -0.25) is 14.5 Å². The zero-order valence-corrected chi connectivity index (χ0v) is 16.0. The van der Waals surface area contributed by atoms with Crippen LogP contribution in [0.3, 0.4) is 0 Å². The minimum absolute atomic E-state index is 0.0385. The second kappa shape index (κ2) is 8.29. The van der Waals surface area contributed by atoms with E-state index in [1.165, 1.54) is 0 Å². The van der Waals surface area contributed by atoms with Crippen molar-refractivity contribution in [2.75, 3.05) is 44.6 Å². The Morgan fingerprint density at radius 1 is 1.28 bits per heavy atom. The van der Waals surface area contributed by atoms with E-state index in [1.807, 2.05) is 30.0 Å². The fourth-order valence-corrected chi connectivity index (χ4v) is 3.81. The first kappa shape index (κ1) is 18.4. The van der Waals surface area contributed by atoms with E-state index in [4.69, 9.17) is 4.74 Å². The van der Waals surface area contributed by atoms with Crippen LogP contribution in [0.2, 0.25) is 0 Å². The maximum absolute atomic E-state index is 12.3. The largest absolute Gasteiger partial charge is 0.368 e. The zero-order chi connectivity index (χ0) is 17.8. The zero-order valence-electron chi connectivity index (χ0n) is 14.5. The van der Waals surface area contributed by atoms with Gasteiger partial charge in [-0.15, -0.1) is 0 Å². The molecule has 0 aromatic heterocycles. The van der Waals surface area contributed by atoms with Gasteiger partial charge in [-0.25, -0.2) is 0 Å². The molecule has 0 spiro atoms. The number of ether oxygens (including phenoxy) is 1. The van der Waals surface area contributed by atoms with Gasteiger partial charge in [0.05, 0.1) is 12.2 Å². The summed E-state index contributed by atoms with van der Waals surface area (Å²) in [5.74, 6) is 0.0636. The Balaban J connectivity index is 1.45. The van der Waals surface area contributed by atoms with E-state index < -0.39 is 0 Å². The Bertz CT molecular complexity index is 638. The molecule has 2 saturated heterocycles. The summed E-state index contributed by atoms with van der Waals surface area (Å²) >= 11 is 3.47. The molecule has 7 heteroatoms. The molecule has 0 bridgehead atoms. The summed E-state index contributed by atoms with van der Waals surface area (Å²) < 4.78 is 6.35. The quantitative estimate of drug-likeness (QED) is 0.825. The summed E-state index contributed by atoms with van der Waals surface area (Å²) in [6, 6.07) is 5.84. The molecule has 0 radical (unpaired) electrons. The number of aryl methyl sites for hydroxylation is 1. The topological polar surface area (TPSA) is 61.9 Å². The van der Waals surface area contributed by atoms with Gasteiger partial charge in [-0.2, -0.15) is 0 Å². The molecule has 2 aliphatic heterocycles. The Labute approximate surface area is 156 Å². The number of hydrogen-bond acceptors (Lipinski definition) is 4. The lowest BCUT2D eigenvalue weighted by Gasteiger charge is -2.35. The van der Waals surface area contributed by atoms with E-state index >= 15 is 0 Å². The molecule has 2 aliphatic rings. The van der Waals surface area contributed by atoms with Crippen molar-refractivity contribution in [3.05, 3.63) is 28.2 Å². The van der Waals surface area contributed by atoms with Gasteiger partial charge < -0.3 is 15.0 Å². The van der Waals surface area contributed by atoms with Crippen LogP contribution in [0.25, 0.3) is 0 Å². The Morgan fingerprint density at radius 3 is 2.68 bits per heavy atom. The molecule has 6 nitrogen and oxygen atoms in total. The van der Waals surface area contributed by atoms with Crippen molar-refractivity contribution in [1.29, 1.82) is 0 Å². The van der Waals surface area contributed by atoms with Gasteiger partial charge in [0.25, 0.3) is 5.91 Å². The molecule has 3 rings (SSSR count). The number of benzene rings is 1. The highest BCUT2D eigenvalue weighted by atomic mass is 79.9. The first-order valence-corrected chi connectivity index (χ1v) is 9.51. The highest BCUT2D eigenvalue weighted by molar-refractivity contribution is 9.10. The van der Waals surface area contributed by atoms with E-state index in [0.29, 0.717) is 39.3 Å². The van der Waals surface area contributed by atoms with Crippen LogP contribution in [0.1, 0.15) is 18.4 Å². The molecule has 0 unspecified atom stereocenters. The van der Waals surface area contributed by atoms with Crippen LogP contribution < -0.4 is 5.32 Å². The highest BCUT2D eigenvalue weighted by Gasteiger charge is 2.30. The Hall–Kier alpha value is -1.44. The maximum atomic E-state index is 12.3. The minimum atomic E-state index is -0.256. The molecule has 2 fully saturated rings. The first-order chi connectivity index (χ1) is 12.0. The second-order valence-corrected chi connectivity index (χ2v) is 7.49. The van der Waals surface area contributed by atoms with Crippen molar-refractivity contribution in [3.8, 4) is 0 Å². The van der Waals surface area contributed by atoms with Gasteiger partial charge in [0.1, 0.15) is 6.10 Å². The predicted octanol–water partition coefficient (Wildman–Crippen LogP) is 2.02. The Kier molecular flexibility index (Phi) is 6.09. The highest BCUT2D eigenvalue weighted by Crippen LogP contribution is 2.23. The number of hydrogen-bond donors (Lipinski definition) is 1. The minimum Gasteiger partial charge on any atom is -0.368 e. The van der Waals surface area contributed by atoms with E-state index in [2.05, 4.69) is 26.1 Å². The molecule has 0 aliphatic carbocycles. The fourth-order valence-electron chi connectivity index (χ4n) is 3.22. The van der Waals surface area contributed by atoms with Gasteiger partial charge in [0.15, 0.2) is 0 Å². The molecular formula is C18H24BrN3O3. The Morgan fingerprint density at radius 2 is 2.04 bits per heavy atom. The van der Waals surface area contributed by atoms with Crippen LogP contribution in [0.5, 0.6) is 0 Å². The molecule has 25 heavy (non-hydrogen) atoms. The summed E-state index contributed by atoms with van der Waals surface area (Å²) in [5, 5.41) is 2.94. The van der Waals surface area contributed by atoms with Crippen LogP contribution in [-0.4, -0.2) is 67.0 Å². The molecule has 2 amide bonds. The number of anilines is 1. The molecule has 2 heterocycles. The predicted molar refractivity (Wildman–Crippen MR) is 99.5 cm³/mol. The standard InChI is InChI=1S/C18H24BrN3O3/c1-13-4-5-15(14(19)11-13)20-17(23)12-21-6-8-22(9-7-21)18(24)16-3-2-10-25-16/h4-5,11,16H,2-3,6-10,12H2,1H3,(H,20,23)/t16-/m1/s1. The smallest absolute Gasteiger partial charge is 0.251 e. The van der Waals surface area contributed by atoms with Crippen LogP contribution in [0.4, 0.5) is 5.69 Å². The number of nitrogens with one attached hydrogen (secondary N) is 1. The maximum Gasteiger partial charge on any atom is 0.251 e. The van der Waals surface area contributed by atoms with Crippen molar-refractivity contribution >= 4 is 33.4 Å². The van der Waals surface area contributed by atoms with Crippen molar-refractivity contribution < 1.29 is 14.3 Å². The van der Waals surface area contributed by atoms with Gasteiger partial charge >= 0.3 is 0 Å². The van der Waals surface area contributed by atoms with Crippen molar-refractivity contribution in [1.82, 2.24) is 9.80 Å². The normalized spacial score (nSPS) is 21.4. The fraction of sp³-hybridized carbons (Fsp3) is 0.556. The molecule has 136 valence electrons. The number of carbonyl (C=O) groups excluding carboxylic acids is 2. The van der Waals surface area contributed by atoms with Crippen LogP contribution in [-0.2, 0) is 14.3 Å². The van der Waals surface area contributed by atoms with E-state index in [9.17, 15) is 9.59 Å². The van der Waals surface area contributed by atoms with Gasteiger partial charge in [0, 0.05) is 37.3 Å². The lowest BCUT2D eigenvalue weighted by atomic mass is 10.2. The third kappa shape index (κ3) is 4.80. The van der Waals surface area contributed by atoms with Crippen molar-refractivity contribution in [2.45, 2.75) is 25.9 Å². The van der Waals surface area contributed by atoms with Gasteiger partial charge in [0.2, 0.25) is 5.91 Å². The van der Waals surface area contributed by atoms with E-state index in [0.717, 1.165) is 28.6 Å². The molecule has 1 aromatic rings. The van der Waals surface area contributed by atoms with Crippen LogP contribution in [0.15, 0.2) is 22.7 Å². The average molecular weight is 410 g/mol. The molecular weight excluding hydrogens is 386 g/mol. The third-order valence-corrected chi connectivity index (χ3v) is 5.31. The lowest BCUT2D eigenvalue weighted by molar-refractivity contribution is -0.142. The summed E-state index contributed by atoms with van der Waals surface area (Å²) in [4.78, 5) is 28.5. The summed E-state index contributed by atoms with van der Waals surface area (Å²) in [6.07, 6.45) is 1.53. The van der Waals surface area contributed by atoms with Crippen LogP contribution in [0, 0.1) is 6.92 Å². The third-order valence-electron chi connectivity index (χ3n) is 4.65. The van der Waals surface area contributed by atoms with E-state index in [1.54, 1.807) is 0 Å². The summed E-state index contributed by atoms with van der Waals surface area (Å²) in [7, 11) is 0. The lowest BCUT2D eigenvalue weighted by Crippen LogP contribution is -2.52. The molecule has 1 aromatic carbocycles. The molecule has 1 atom stereocenters. The van der Waals surface area contributed by atoms with Gasteiger partial charge in [-0.1, -0.05) is 6.07 Å². The number of halogens is 1. The van der Waals surface area contributed by atoms with Crippen LogP contribution >= 0.6 is 15.9 Å². The monoisotopic (exact) mass is 409 g/mol. The second-order valence-electron chi connectivity index (χ2n) is 6.63. The van der Waals surface area contributed by atoms with Crippen molar-refractivity contribution in [2.24, 2.45) is 0 Å². The molecule has 0 saturated carbocycles. The van der Waals surface area contributed by atoms with E-state index in [-0.39, 0.29) is 17.9 Å². The van der Waals surface area contributed by atoms with Crippen molar-refractivity contribution in [3.63, 3.8) is 0 Å². The number of carbonyl (C=O) groups is 2. The first-order valence-electron chi connectivity index (χ1n) is 8.71. The number of piperazine rings is 1.